The summed E-state index contributed by atoms with van der Waals surface area (Å²) in [7, 11) is -2.28. The van der Waals surface area contributed by atoms with E-state index < -0.39 is 69.7 Å². The third kappa shape index (κ3) is 5.56. The lowest BCUT2D eigenvalue weighted by molar-refractivity contribution is -0.327. The molecular weight excluding hydrogens is 613 g/mol. The van der Waals surface area contributed by atoms with Gasteiger partial charge in [-0.1, -0.05) is 0 Å². The van der Waals surface area contributed by atoms with Gasteiger partial charge < -0.3 is 55.4 Å². The molecule has 0 spiro atoms. The number of nitrogens with two attached hydrogens (primary N) is 2. The van der Waals surface area contributed by atoms with Crippen molar-refractivity contribution in [3.05, 3.63) is 37.2 Å². The lowest BCUT2D eigenvalue weighted by Crippen LogP contribution is -2.41. The standard InChI is InChI=1S/C12H16FN4O6P.C12H15FN4O3/c1-12(19)7(13)10(22-23-24(20)5-18)21-11(12)17-3-2-6-8(14)15-4-16-9(6)17;1-12(19)8(13)7(4-18)20-11(12)17-3-2-6-9(14)15-5-16-10(6)17/h2-4,7,10-11,18-20H,5H2,1H3,(H2,14,15,16);2-3,5,7-8,11,18-19H,4H2,1H3,(H2,14,15,16)/t7?,10-,11-,12-,24?;7-,8?,11-,12-/m11/s1. The molecule has 0 bridgehead atoms. The molecule has 0 aliphatic carbocycles. The van der Waals surface area contributed by atoms with E-state index in [1.54, 1.807) is 18.3 Å². The Bertz CT molecular complexity index is 1610. The van der Waals surface area contributed by atoms with Crippen molar-refractivity contribution in [2.45, 2.75) is 62.2 Å². The maximum absolute atomic E-state index is 14.5. The van der Waals surface area contributed by atoms with Crippen molar-refractivity contribution < 1.29 is 53.1 Å². The zero-order chi connectivity index (χ0) is 32.0. The molecule has 2 saturated heterocycles. The average Bonchev–Trinajstić information content (AvgIpc) is 3.72. The SMILES string of the molecule is C[C@@]1(O)C(F)[C@@H](CO)O[C@H]1n1ccc2c(N)ncnc21.C[C@@]1(O)C(F)[C@@H](OOP(O)CO)O[C@H]1n1ccc2c(N)ncnc21. The molecule has 44 heavy (non-hydrogen) atoms. The highest BCUT2D eigenvalue weighted by Crippen LogP contribution is 2.44. The summed E-state index contributed by atoms with van der Waals surface area (Å²) in [6.45, 7) is 2.05. The molecule has 3 unspecified atom stereocenters. The maximum atomic E-state index is 14.5. The van der Waals surface area contributed by atoms with Gasteiger partial charge in [-0.05, 0) is 26.0 Å². The predicted octanol–water partition coefficient (Wildman–Crippen LogP) is 0.152. The molecule has 6 rings (SSSR count). The minimum atomic E-state index is -2.28. The molecule has 240 valence electrons. The summed E-state index contributed by atoms with van der Waals surface area (Å²) in [6.07, 6.45) is -3.59. The highest BCUT2D eigenvalue weighted by Gasteiger charge is 2.56. The van der Waals surface area contributed by atoms with Crippen LogP contribution in [0.4, 0.5) is 20.4 Å². The summed E-state index contributed by atoms with van der Waals surface area (Å²) in [5.41, 5.74) is 8.52. The number of fused-ring (bicyclic) bond motifs is 2. The van der Waals surface area contributed by atoms with Gasteiger partial charge in [0.2, 0.25) is 14.7 Å². The van der Waals surface area contributed by atoms with Crippen molar-refractivity contribution in [2.75, 3.05) is 24.4 Å². The van der Waals surface area contributed by atoms with Gasteiger partial charge in [0.25, 0.3) is 0 Å². The summed E-state index contributed by atoms with van der Waals surface area (Å²) in [4.78, 5) is 29.7. The summed E-state index contributed by atoms with van der Waals surface area (Å²) in [6, 6.07) is 3.28. The minimum Gasteiger partial charge on any atom is -0.394 e. The molecule has 9 N–H and O–H groups in total. The number of aliphatic hydroxyl groups is 4. The molecule has 2 fully saturated rings. The second-order valence-corrected chi connectivity index (χ2v) is 11.6. The molecule has 0 radical (unpaired) electrons. The number of nitrogens with zero attached hydrogens (tertiary/aromatic N) is 6. The lowest BCUT2D eigenvalue weighted by atomic mass is 9.98. The van der Waals surface area contributed by atoms with Crippen LogP contribution in [-0.2, 0) is 19.0 Å². The molecular formula is C24H31F2N8O9P. The van der Waals surface area contributed by atoms with E-state index >= 15 is 0 Å². The van der Waals surface area contributed by atoms with E-state index in [9.17, 15) is 19.0 Å². The van der Waals surface area contributed by atoms with Gasteiger partial charge in [0.1, 0.15) is 59.2 Å². The van der Waals surface area contributed by atoms with E-state index in [2.05, 4.69) is 29.5 Å². The van der Waals surface area contributed by atoms with Crippen LogP contribution in [0.3, 0.4) is 0 Å². The van der Waals surface area contributed by atoms with Crippen molar-refractivity contribution in [3.8, 4) is 0 Å². The fourth-order valence-electron chi connectivity index (χ4n) is 5.01. The Morgan fingerprint density at radius 1 is 0.886 bits per heavy atom. The first-order valence-corrected chi connectivity index (χ1v) is 14.4. The van der Waals surface area contributed by atoms with Crippen molar-refractivity contribution in [1.29, 1.82) is 0 Å². The summed E-state index contributed by atoms with van der Waals surface area (Å²) in [5.74, 6) is 0.528. The van der Waals surface area contributed by atoms with Crippen LogP contribution in [0.25, 0.3) is 22.1 Å². The molecule has 20 heteroatoms. The Kier molecular flexibility index (Phi) is 8.98. The van der Waals surface area contributed by atoms with E-state index in [4.69, 9.17) is 36.0 Å². The van der Waals surface area contributed by atoms with Crippen LogP contribution in [0.2, 0.25) is 0 Å². The number of nitrogen functional groups attached to an aromatic ring is 2. The molecule has 6 heterocycles. The molecule has 2 aliphatic heterocycles. The van der Waals surface area contributed by atoms with E-state index in [0.717, 1.165) is 0 Å². The molecule has 0 aromatic carbocycles. The summed E-state index contributed by atoms with van der Waals surface area (Å²) < 4.78 is 46.7. The zero-order valence-electron chi connectivity index (χ0n) is 23.3. The second kappa shape index (κ2) is 12.3. The van der Waals surface area contributed by atoms with Gasteiger partial charge in [-0.3, -0.25) is 0 Å². The van der Waals surface area contributed by atoms with Gasteiger partial charge in [-0.15, -0.1) is 0 Å². The molecule has 4 aromatic heterocycles. The monoisotopic (exact) mass is 644 g/mol. The van der Waals surface area contributed by atoms with Crippen LogP contribution in [-0.4, -0.2) is 103 Å². The van der Waals surface area contributed by atoms with Crippen LogP contribution in [0, 0.1) is 0 Å². The topological polar surface area (TPSA) is 252 Å². The normalized spacial score (nSPS) is 32.7. The van der Waals surface area contributed by atoms with Crippen molar-refractivity contribution in [3.63, 3.8) is 0 Å². The largest absolute Gasteiger partial charge is 0.394 e. The average molecular weight is 645 g/mol. The van der Waals surface area contributed by atoms with E-state index in [1.165, 1.54) is 41.8 Å². The molecule has 4 aromatic rings. The first-order chi connectivity index (χ1) is 20.8. The maximum Gasteiger partial charge on any atom is 0.232 e. The number of hydrogen-bond acceptors (Lipinski definition) is 15. The number of aliphatic hydroxyl groups excluding tert-OH is 2. The number of halogens is 2. The van der Waals surface area contributed by atoms with Crippen molar-refractivity contribution >= 4 is 42.1 Å². The van der Waals surface area contributed by atoms with Crippen LogP contribution in [0.1, 0.15) is 26.3 Å². The van der Waals surface area contributed by atoms with Crippen LogP contribution >= 0.6 is 8.38 Å². The molecule has 0 amide bonds. The number of rotatable bonds is 7. The number of alkyl halides is 2. The number of hydrogen-bond donors (Lipinski definition) is 7. The van der Waals surface area contributed by atoms with Crippen molar-refractivity contribution in [1.82, 2.24) is 29.1 Å². The first kappa shape index (κ1) is 32.2. The summed E-state index contributed by atoms with van der Waals surface area (Å²) in [5, 5.41) is 39.7. The van der Waals surface area contributed by atoms with Crippen LogP contribution < -0.4 is 11.5 Å². The Morgan fingerprint density at radius 2 is 1.39 bits per heavy atom. The van der Waals surface area contributed by atoms with Gasteiger partial charge in [-0.25, -0.2) is 28.7 Å². The highest BCUT2D eigenvalue weighted by molar-refractivity contribution is 7.45. The van der Waals surface area contributed by atoms with E-state index in [-0.39, 0.29) is 5.82 Å². The minimum absolute atomic E-state index is 0.234. The van der Waals surface area contributed by atoms with Crippen molar-refractivity contribution in [2.24, 2.45) is 0 Å². The molecule has 9 atom stereocenters. The third-order valence-corrected chi connectivity index (χ3v) is 7.86. The lowest BCUT2D eigenvalue weighted by Gasteiger charge is -2.26. The Balaban J connectivity index is 0.000000177. The quantitative estimate of drug-likeness (QED) is 0.0803. The van der Waals surface area contributed by atoms with Crippen LogP contribution in [0.15, 0.2) is 37.2 Å². The van der Waals surface area contributed by atoms with Gasteiger partial charge in [0, 0.05) is 12.4 Å². The predicted molar refractivity (Wildman–Crippen MR) is 148 cm³/mol. The van der Waals surface area contributed by atoms with Gasteiger partial charge >= 0.3 is 0 Å². The zero-order valence-corrected chi connectivity index (χ0v) is 24.1. The van der Waals surface area contributed by atoms with Crippen LogP contribution in [0.5, 0.6) is 0 Å². The number of anilines is 2. The second-order valence-electron chi connectivity index (χ2n) is 10.4. The highest BCUT2D eigenvalue weighted by atomic mass is 31.2. The number of aromatic nitrogens is 6. The van der Waals surface area contributed by atoms with E-state index in [0.29, 0.717) is 27.9 Å². The third-order valence-electron chi connectivity index (χ3n) is 7.36. The van der Waals surface area contributed by atoms with Gasteiger partial charge in [-0.2, -0.15) is 9.56 Å². The van der Waals surface area contributed by atoms with Gasteiger partial charge in [0.05, 0.1) is 17.4 Å². The smallest absolute Gasteiger partial charge is 0.232 e. The first-order valence-electron chi connectivity index (χ1n) is 13.0. The molecule has 17 nitrogen and oxygen atoms in total. The fourth-order valence-corrected chi connectivity index (χ4v) is 5.24. The number of ether oxygens (including phenoxy) is 2. The molecule has 0 saturated carbocycles. The van der Waals surface area contributed by atoms with E-state index in [1.807, 2.05) is 0 Å². The molecule has 2 aliphatic rings. The Morgan fingerprint density at radius 3 is 1.86 bits per heavy atom. The van der Waals surface area contributed by atoms with Gasteiger partial charge in [0.15, 0.2) is 24.8 Å². The fraction of sp³-hybridized carbons (Fsp3) is 0.500. The summed E-state index contributed by atoms with van der Waals surface area (Å²) >= 11 is 0. The Labute approximate surface area is 248 Å². The Hall–Kier alpha value is -3.23.